The summed E-state index contributed by atoms with van der Waals surface area (Å²) in [4.78, 5) is 39.6. The molecule has 8 heteroatoms. The third kappa shape index (κ3) is 6.57. The molecule has 182 valence electrons. The van der Waals surface area contributed by atoms with E-state index >= 15 is 0 Å². The molecular formula is C26H32N2O6. The second kappa shape index (κ2) is 10.7. The van der Waals surface area contributed by atoms with E-state index in [0.717, 1.165) is 16.7 Å². The number of hydrogen-bond acceptors (Lipinski definition) is 5. The van der Waals surface area contributed by atoms with Crippen molar-refractivity contribution in [3.05, 3.63) is 71.3 Å². The third-order valence-corrected chi connectivity index (χ3v) is 5.58. The molecule has 3 atom stereocenters. The van der Waals surface area contributed by atoms with Gasteiger partial charge in [0.05, 0.1) is 12.7 Å². The first-order valence-electron chi connectivity index (χ1n) is 11.3. The molecule has 0 bridgehead atoms. The van der Waals surface area contributed by atoms with E-state index in [2.05, 4.69) is 5.32 Å². The minimum absolute atomic E-state index is 0.129. The zero-order chi connectivity index (χ0) is 24.9. The number of nitrogens with one attached hydrogen (secondary N) is 1. The number of rotatable bonds is 7. The van der Waals surface area contributed by atoms with Gasteiger partial charge in [-0.25, -0.2) is 9.59 Å². The van der Waals surface area contributed by atoms with Gasteiger partial charge in [0.1, 0.15) is 17.7 Å². The molecule has 0 saturated heterocycles. The maximum absolute atomic E-state index is 13.7. The number of carboxylic acid groups (broad SMARTS) is 1. The van der Waals surface area contributed by atoms with Crippen LogP contribution in [-0.2, 0) is 38.6 Å². The maximum atomic E-state index is 13.7. The molecule has 2 amide bonds. The molecule has 0 aliphatic carbocycles. The summed E-state index contributed by atoms with van der Waals surface area (Å²) in [6.07, 6.45) is -1.33. The van der Waals surface area contributed by atoms with E-state index in [1.807, 2.05) is 54.6 Å². The Labute approximate surface area is 199 Å². The molecule has 34 heavy (non-hydrogen) atoms. The number of aliphatic carboxylic acids is 1. The van der Waals surface area contributed by atoms with Crippen LogP contribution in [0.4, 0.5) is 4.79 Å². The van der Waals surface area contributed by atoms with E-state index < -0.39 is 41.8 Å². The van der Waals surface area contributed by atoms with Crippen LogP contribution in [0.2, 0.25) is 0 Å². The molecule has 0 spiro atoms. The highest BCUT2D eigenvalue weighted by Crippen LogP contribution is 2.25. The van der Waals surface area contributed by atoms with Crippen LogP contribution >= 0.6 is 0 Å². The number of hydrogen-bond donors (Lipinski definition) is 2. The third-order valence-electron chi connectivity index (χ3n) is 5.58. The average Bonchev–Trinajstić information content (AvgIpc) is 2.79. The van der Waals surface area contributed by atoms with Crippen molar-refractivity contribution in [2.24, 2.45) is 0 Å². The van der Waals surface area contributed by atoms with Crippen molar-refractivity contribution in [3.63, 3.8) is 0 Å². The van der Waals surface area contributed by atoms with Crippen molar-refractivity contribution in [2.75, 3.05) is 0 Å². The second-order valence-corrected chi connectivity index (χ2v) is 9.42. The van der Waals surface area contributed by atoms with E-state index in [9.17, 15) is 19.5 Å². The first kappa shape index (κ1) is 25.2. The van der Waals surface area contributed by atoms with Crippen LogP contribution in [0, 0.1) is 0 Å². The van der Waals surface area contributed by atoms with Crippen molar-refractivity contribution in [1.82, 2.24) is 10.2 Å². The molecule has 1 aliphatic heterocycles. The fourth-order valence-corrected chi connectivity index (χ4v) is 3.87. The number of carbonyl (C=O) groups is 3. The predicted octanol–water partition coefficient (Wildman–Crippen LogP) is 3.52. The van der Waals surface area contributed by atoms with Crippen molar-refractivity contribution < 1.29 is 29.0 Å². The van der Waals surface area contributed by atoms with Gasteiger partial charge in [0.25, 0.3) is 0 Å². The molecule has 0 aromatic heterocycles. The van der Waals surface area contributed by atoms with Crippen molar-refractivity contribution in [2.45, 2.75) is 71.1 Å². The summed E-state index contributed by atoms with van der Waals surface area (Å²) in [6.45, 7) is 7.20. The zero-order valence-electron chi connectivity index (χ0n) is 20.0. The topological polar surface area (TPSA) is 105 Å². The second-order valence-electron chi connectivity index (χ2n) is 9.42. The minimum Gasteiger partial charge on any atom is -0.480 e. The molecule has 2 N–H and O–H groups in total. The molecule has 8 nitrogen and oxygen atoms in total. The summed E-state index contributed by atoms with van der Waals surface area (Å²) in [7, 11) is 0. The number of fused-ring (bicyclic) bond motifs is 1. The van der Waals surface area contributed by atoms with Crippen LogP contribution < -0.4 is 5.32 Å². The molecule has 0 radical (unpaired) electrons. The number of benzene rings is 2. The first-order chi connectivity index (χ1) is 16.0. The van der Waals surface area contributed by atoms with Crippen molar-refractivity contribution >= 4 is 18.0 Å². The Kier molecular flexibility index (Phi) is 7.94. The van der Waals surface area contributed by atoms with Crippen LogP contribution in [0.5, 0.6) is 0 Å². The molecule has 3 rings (SSSR count). The van der Waals surface area contributed by atoms with E-state index in [0.29, 0.717) is 0 Å². The summed E-state index contributed by atoms with van der Waals surface area (Å²) < 4.78 is 11.3. The molecule has 0 fully saturated rings. The quantitative estimate of drug-likeness (QED) is 0.644. The molecule has 0 unspecified atom stereocenters. The largest absolute Gasteiger partial charge is 0.480 e. The predicted molar refractivity (Wildman–Crippen MR) is 126 cm³/mol. The normalized spacial score (nSPS) is 17.3. The highest BCUT2D eigenvalue weighted by molar-refractivity contribution is 5.90. The van der Waals surface area contributed by atoms with Gasteiger partial charge in [-0.2, -0.15) is 0 Å². The first-order valence-corrected chi connectivity index (χ1v) is 11.3. The summed E-state index contributed by atoms with van der Waals surface area (Å²) in [5.74, 6) is -1.63. The van der Waals surface area contributed by atoms with Gasteiger partial charge in [-0.05, 0) is 44.4 Å². The van der Waals surface area contributed by atoms with Crippen LogP contribution in [-0.4, -0.2) is 51.8 Å². The Morgan fingerprint density at radius 1 is 1.06 bits per heavy atom. The van der Waals surface area contributed by atoms with Gasteiger partial charge in [0.2, 0.25) is 5.91 Å². The van der Waals surface area contributed by atoms with Crippen LogP contribution in [0.1, 0.15) is 44.4 Å². The monoisotopic (exact) mass is 468 g/mol. The SMILES string of the molecule is C[C@@H](OCc1ccccc1)[C@H](NC(=O)OC(C)(C)C)C(=O)N1Cc2ccccc2C[C@@H]1C(=O)O. The number of carbonyl (C=O) groups excluding carboxylic acids is 2. The minimum atomic E-state index is -1.13. The Morgan fingerprint density at radius 3 is 2.29 bits per heavy atom. The van der Waals surface area contributed by atoms with E-state index in [-0.39, 0.29) is 19.6 Å². The Hall–Kier alpha value is -3.39. The zero-order valence-corrected chi connectivity index (χ0v) is 20.0. The van der Waals surface area contributed by atoms with Gasteiger partial charge in [-0.3, -0.25) is 4.79 Å². The highest BCUT2D eigenvalue weighted by atomic mass is 16.6. The van der Waals surface area contributed by atoms with Gasteiger partial charge in [0, 0.05) is 13.0 Å². The summed E-state index contributed by atoms with van der Waals surface area (Å²) in [6, 6.07) is 14.7. The van der Waals surface area contributed by atoms with Gasteiger partial charge in [-0.15, -0.1) is 0 Å². The highest BCUT2D eigenvalue weighted by Gasteiger charge is 2.40. The van der Waals surface area contributed by atoms with E-state index in [4.69, 9.17) is 9.47 Å². The fraction of sp³-hybridized carbons (Fsp3) is 0.423. The lowest BCUT2D eigenvalue weighted by atomic mass is 9.93. The standard InChI is InChI=1S/C26H32N2O6/c1-17(33-16-18-10-6-5-7-11-18)22(27-25(32)34-26(2,3)4)23(29)28-15-20-13-9-8-12-19(20)14-21(28)24(30)31/h5-13,17,21-22H,14-16H2,1-4H3,(H,27,32)(H,30,31)/t17-,21-,22+/m1/s1. The molecular weight excluding hydrogens is 436 g/mol. The molecule has 0 saturated carbocycles. The number of nitrogens with zero attached hydrogens (tertiary/aromatic N) is 1. The molecule has 2 aromatic carbocycles. The van der Waals surface area contributed by atoms with Crippen LogP contribution in [0.25, 0.3) is 0 Å². The number of carboxylic acids is 1. The number of amides is 2. The molecule has 1 heterocycles. The Balaban J connectivity index is 1.84. The van der Waals surface area contributed by atoms with Crippen molar-refractivity contribution in [3.8, 4) is 0 Å². The average molecular weight is 469 g/mol. The lowest BCUT2D eigenvalue weighted by Gasteiger charge is -2.38. The van der Waals surface area contributed by atoms with Crippen molar-refractivity contribution in [1.29, 1.82) is 0 Å². The summed E-state index contributed by atoms with van der Waals surface area (Å²) in [5.41, 5.74) is 1.92. The molecule has 2 aromatic rings. The lowest BCUT2D eigenvalue weighted by molar-refractivity contribution is -0.154. The van der Waals surface area contributed by atoms with Crippen LogP contribution in [0.15, 0.2) is 54.6 Å². The summed E-state index contributed by atoms with van der Waals surface area (Å²) in [5, 5.41) is 12.5. The Morgan fingerprint density at radius 2 is 1.68 bits per heavy atom. The van der Waals surface area contributed by atoms with Crippen LogP contribution in [0.3, 0.4) is 0 Å². The maximum Gasteiger partial charge on any atom is 0.408 e. The summed E-state index contributed by atoms with van der Waals surface area (Å²) >= 11 is 0. The number of ether oxygens (including phenoxy) is 2. The van der Waals surface area contributed by atoms with E-state index in [1.54, 1.807) is 27.7 Å². The van der Waals surface area contributed by atoms with Gasteiger partial charge < -0.3 is 24.8 Å². The van der Waals surface area contributed by atoms with Gasteiger partial charge in [-0.1, -0.05) is 54.6 Å². The Bertz CT molecular complexity index is 1020. The van der Waals surface area contributed by atoms with E-state index in [1.165, 1.54) is 4.90 Å². The fourth-order valence-electron chi connectivity index (χ4n) is 3.87. The number of alkyl carbamates (subject to hydrolysis) is 1. The van der Waals surface area contributed by atoms with Gasteiger partial charge in [0.15, 0.2) is 0 Å². The smallest absolute Gasteiger partial charge is 0.408 e. The molecule has 1 aliphatic rings. The lowest BCUT2D eigenvalue weighted by Crippen LogP contribution is -2.59. The van der Waals surface area contributed by atoms with Gasteiger partial charge >= 0.3 is 12.1 Å².